The zero-order chi connectivity index (χ0) is 20.9. The van der Waals surface area contributed by atoms with Crippen LogP contribution in [0.15, 0.2) is 59.1 Å². The third kappa shape index (κ3) is 4.76. The number of rotatable bonds is 7. The molecule has 156 valence electrons. The Kier molecular flexibility index (Phi) is 6.23. The lowest BCUT2D eigenvalue weighted by Gasteiger charge is -2.22. The van der Waals surface area contributed by atoms with Gasteiger partial charge in [-0.25, -0.2) is 4.98 Å². The molecule has 1 aromatic heterocycles. The number of carbonyl (C=O) groups excluding carboxylic acids is 1. The van der Waals surface area contributed by atoms with E-state index in [1.54, 1.807) is 42.5 Å². The van der Waals surface area contributed by atoms with E-state index in [4.69, 9.17) is 25.5 Å². The normalized spacial score (nSPS) is 15.9. The van der Waals surface area contributed by atoms with E-state index in [0.29, 0.717) is 29.6 Å². The molecule has 0 aliphatic carbocycles. The third-order valence-electron chi connectivity index (χ3n) is 5.12. The number of methoxy groups -OCH3 is 1. The van der Waals surface area contributed by atoms with Crippen molar-refractivity contribution in [1.82, 2.24) is 9.88 Å². The van der Waals surface area contributed by atoms with E-state index in [9.17, 15) is 4.79 Å². The van der Waals surface area contributed by atoms with Crippen molar-refractivity contribution in [3.63, 3.8) is 0 Å². The summed E-state index contributed by atoms with van der Waals surface area (Å²) in [5.74, 6) is 2.61. The van der Waals surface area contributed by atoms with E-state index in [-0.39, 0.29) is 18.6 Å². The average Bonchev–Trinajstić information content (AvgIpc) is 3.42. The molecule has 30 heavy (non-hydrogen) atoms. The lowest BCUT2D eigenvalue weighted by Crippen LogP contribution is -2.34. The molecule has 0 spiro atoms. The van der Waals surface area contributed by atoms with Gasteiger partial charge in [0.25, 0.3) is 5.91 Å². The minimum atomic E-state index is -0.162. The molecule has 3 aromatic rings. The van der Waals surface area contributed by atoms with Crippen LogP contribution in [-0.2, 0) is 11.2 Å². The number of nitrogens with zero attached hydrogens (tertiary/aromatic N) is 2. The number of amides is 1. The fourth-order valence-corrected chi connectivity index (χ4v) is 3.84. The van der Waals surface area contributed by atoms with Crippen LogP contribution in [0, 0.1) is 0 Å². The van der Waals surface area contributed by atoms with E-state index < -0.39 is 0 Å². The van der Waals surface area contributed by atoms with E-state index in [1.165, 1.54) is 0 Å². The molecular weight excluding hydrogens is 404 g/mol. The van der Waals surface area contributed by atoms with Gasteiger partial charge < -0.3 is 18.8 Å². The molecule has 0 saturated carbocycles. The van der Waals surface area contributed by atoms with Gasteiger partial charge in [-0.15, -0.1) is 0 Å². The van der Waals surface area contributed by atoms with Crippen LogP contribution in [0.1, 0.15) is 36.1 Å². The second-order valence-electron chi connectivity index (χ2n) is 7.18. The number of benzene rings is 2. The number of halogens is 1. The molecule has 1 aliphatic heterocycles. The predicted molar refractivity (Wildman–Crippen MR) is 113 cm³/mol. The summed E-state index contributed by atoms with van der Waals surface area (Å²) in [6.07, 6.45) is 4.07. The number of aromatic nitrogens is 1. The van der Waals surface area contributed by atoms with Gasteiger partial charge in [0.15, 0.2) is 6.61 Å². The number of hydrogen-bond acceptors (Lipinski definition) is 5. The predicted octanol–water partition coefficient (Wildman–Crippen LogP) is 4.67. The standard InChI is InChI=1S/C23H23ClN2O4/c1-28-18-7-9-19(10-8-18)29-15-22(27)26-11-3-6-21(26)23-25-14-20(30-23)13-16-4-2-5-17(24)12-16/h2,4-5,7-10,12,14,21H,3,6,11,13,15H2,1H3/t21-/m1/s1. The highest BCUT2D eigenvalue weighted by molar-refractivity contribution is 6.30. The SMILES string of the molecule is COc1ccc(OCC(=O)N2CCC[C@@H]2c2ncc(Cc3cccc(Cl)c3)o2)cc1. The first-order valence-electron chi connectivity index (χ1n) is 9.88. The van der Waals surface area contributed by atoms with Crippen LogP contribution in [0.5, 0.6) is 11.5 Å². The fraction of sp³-hybridized carbons (Fsp3) is 0.304. The van der Waals surface area contributed by atoms with Crippen molar-refractivity contribution in [3.8, 4) is 11.5 Å². The highest BCUT2D eigenvalue weighted by Crippen LogP contribution is 2.32. The molecule has 0 radical (unpaired) electrons. The van der Waals surface area contributed by atoms with Gasteiger partial charge >= 0.3 is 0 Å². The van der Waals surface area contributed by atoms with Crippen LogP contribution in [0.25, 0.3) is 0 Å². The van der Waals surface area contributed by atoms with E-state index >= 15 is 0 Å². The highest BCUT2D eigenvalue weighted by Gasteiger charge is 2.33. The summed E-state index contributed by atoms with van der Waals surface area (Å²) in [7, 11) is 1.61. The van der Waals surface area contributed by atoms with Crippen molar-refractivity contribution in [3.05, 3.63) is 77.0 Å². The largest absolute Gasteiger partial charge is 0.497 e. The Bertz CT molecular complexity index is 1000. The summed E-state index contributed by atoms with van der Waals surface area (Å²) in [5.41, 5.74) is 1.05. The topological polar surface area (TPSA) is 64.8 Å². The van der Waals surface area contributed by atoms with Gasteiger partial charge in [0, 0.05) is 18.0 Å². The first-order valence-corrected chi connectivity index (χ1v) is 10.3. The summed E-state index contributed by atoms with van der Waals surface area (Å²) < 4.78 is 16.8. The molecular formula is C23H23ClN2O4. The second kappa shape index (κ2) is 9.22. The Balaban J connectivity index is 1.38. The molecule has 0 N–H and O–H groups in total. The summed E-state index contributed by atoms with van der Waals surface area (Å²) in [4.78, 5) is 19.0. The van der Waals surface area contributed by atoms with Crippen LogP contribution in [0.2, 0.25) is 5.02 Å². The Morgan fingerprint density at radius 1 is 1.23 bits per heavy atom. The first-order chi connectivity index (χ1) is 14.6. The monoisotopic (exact) mass is 426 g/mol. The van der Waals surface area contributed by atoms with Crippen molar-refractivity contribution in [1.29, 1.82) is 0 Å². The molecule has 7 heteroatoms. The maximum absolute atomic E-state index is 12.8. The van der Waals surface area contributed by atoms with Crippen LogP contribution in [0.4, 0.5) is 0 Å². The molecule has 1 saturated heterocycles. The van der Waals surface area contributed by atoms with Gasteiger partial charge in [0.2, 0.25) is 5.89 Å². The van der Waals surface area contributed by atoms with Crippen molar-refractivity contribution < 1.29 is 18.7 Å². The Hall–Kier alpha value is -2.99. The molecule has 0 bridgehead atoms. The molecule has 0 unspecified atom stereocenters. The fourth-order valence-electron chi connectivity index (χ4n) is 3.63. The van der Waals surface area contributed by atoms with Crippen LogP contribution in [0.3, 0.4) is 0 Å². The Labute approximate surface area is 180 Å². The van der Waals surface area contributed by atoms with Gasteiger partial charge in [0.1, 0.15) is 23.3 Å². The van der Waals surface area contributed by atoms with E-state index in [2.05, 4.69) is 4.98 Å². The van der Waals surface area contributed by atoms with Crippen molar-refractivity contribution in [2.75, 3.05) is 20.3 Å². The van der Waals surface area contributed by atoms with Crippen LogP contribution in [-0.4, -0.2) is 36.1 Å². The number of likely N-dealkylation sites (tertiary alicyclic amines) is 1. The molecule has 1 amide bonds. The van der Waals surface area contributed by atoms with Gasteiger partial charge in [-0.2, -0.15) is 0 Å². The van der Waals surface area contributed by atoms with E-state index in [1.807, 2.05) is 24.3 Å². The van der Waals surface area contributed by atoms with Crippen molar-refractivity contribution in [2.24, 2.45) is 0 Å². The Morgan fingerprint density at radius 3 is 2.80 bits per heavy atom. The lowest BCUT2D eigenvalue weighted by atomic mass is 10.1. The maximum atomic E-state index is 12.8. The molecule has 1 aliphatic rings. The lowest BCUT2D eigenvalue weighted by molar-refractivity contribution is -0.134. The molecule has 1 atom stereocenters. The van der Waals surface area contributed by atoms with Crippen LogP contribution < -0.4 is 9.47 Å². The smallest absolute Gasteiger partial charge is 0.261 e. The third-order valence-corrected chi connectivity index (χ3v) is 5.35. The first kappa shape index (κ1) is 20.3. The van der Waals surface area contributed by atoms with Crippen LogP contribution >= 0.6 is 11.6 Å². The van der Waals surface area contributed by atoms with Gasteiger partial charge in [-0.05, 0) is 54.8 Å². The number of carbonyl (C=O) groups is 1. The quantitative estimate of drug-likeness (QED) is 0.549. The average molecular weight is 427 g/mol. The van der Waals surface area contributed by atoms with Gasteiger partial charge in [-0.1, -0.05) is 23.7 Å². The summed E-state index contributed by atoms with van der Waals surface area (Å²) in [6.45, 7) is 0.639. The molecule has 4 rings (SSSR count). The highest BCUT2D eigenvalue weighted by atomic mass is 35.5. The summed E-state index contributed by atoms with van der Waals surface area (Å²) in [5, 5.41) is 0.691. The van der Waals surface area contributed by atoms with Gasteiger partial charge in [-0.3, -0.25) is 4.79 Å². The summed E-state index contributed by atoms with van der Waals surface area (Å²) in [6, 6.07) is 14.7. The molecule has 6 nitrogen and oxygen atoms in total. The number of hydrogen-bond donors (Lipinski definition) is 0. The maximum Gasteiger partial charge on any atom is 0.261 e. The molecule has 2 aromatic carbocycles. The number of ether oxygens (including phenoxy) is 2. The second-order valence-corrected chi connectivity index (χ2v) is 7.62. The molecule has 2 heterocycles. The summed E-state index contributed by atoms with van der Waals surface area (Å²) >= 11 is 6.05. The number of oxazole rings is 1. The van der Waals surface area contributed by atoms with E-state index in [0.717, 1.165) is 29.9 Å². The Morgan fingerprint density at radius 2 is 2.03 bits per heavy atom. The van der Waals surface area contributed by atoms with Gasteiger partial charge in [0.05, 0.1) is 13.3 Å². The van der Waals surface area contributed by atoms with Crippen molar-refractivity contribution >= 4 is 17.5 Å². The minimum Gasteiger partial charge on any atom is -0.497 e. The molecule has 1 fully saturated rings. The zero-order valence-electron chi connectivity index (χ0n) is 16.7. The minimum absolute atomic E-state index is 0.0289. The van der Waals surface area contributed by atoms with Crippen molar-refractivity contribution in [2.45, 2.75) is 25.3 Å². The zero-order valence-corrected chi connectivity index (χ0v) is 17.5.